The third kappa shape index (κ3) is 3.72. The van der Waals surface area contributed by atoms with E-state index in [1.54, 1.807) is 0 Å². The number of amides is 2. The van der Waals surface area contributed by atoms with Crippen LogP contribution in [0, 0.1) is 5.92 Å². The van der Waals surface area contributed by atoms with Gasteiger partial charge in [-0.15, -0.1) is 0 Å². The summed E-state index contributed by atoms with van der Waals surface area (Å²) in [4.78, 5) is 28.7. The molecule has 5 nitrogen and oxygen atoms in total. The molecule has 2 saturated heterocycles. The van der Waals surface area contributed by atoms with E-state index >= 15 is 0 Å². The van der Waals surface area contributed by atoms with Gasteiger partial charge in [-0.25, -0.2) is 0 Å². The van der Waals surface area contributed by atoms with E-state index in [-0.39, 0.29) is 17.9 Å². The third-order valence-electron chi connectivity index (χ3n) is 4.14. The lowest BCUT2D eigenvalue weighted by Gasteiger charge is -2.38. The zero-order valence-electron chi connectivity index (χ0n) is 12.7. The summed E-state index contributed by atoms with van der Waals surface area (Å²) in [5.74, 6) is 0.724. The molecule has 2 fully saturated rings. The Morgan fingerprint density at radius 2 is 1.90 bits per heavy atom. The number of carbonyl (C=O) groups excluding carboxylic acids is 2. The molecule has 0 bridgehead atoms. The van der Waals surface area contributed by atoms with Gasteiger partial charge < -0.3 is 15.1 Å². The number of nitrogens with zero attached hydrogens (tertiary/aromatic N) is 2. The SMILES string of the molecule is CC(C)CC(C(=O)N1CCNCC1)N1CCCCC1=O. The molecule has 114 valence electrons. The van der Waals surface area contributed by atoms with Crippen molar-refractivity contribution in [3.8, 4) is 0 Å². The van der Waals surface area contributed by atoms with Crippen molar-refractivity contribution in [2.45, 2.75) is 45.6 Å². The number of nitrogens with one attached hydrogen (secondary N) is 1. The quantitative estimate of drug-likeness (QED) is 0.831. The molecule has 0 radical (unpaired) electrons. The van der Waals surface area contributed by atoms with Crippen LogP contribution in [0.2, 0.25) is 0 Å². The van der Waals surface area contributed by atoms with Crippen LogP contribution in [-0.4, -0.2) is 60.4 Å². The molecule has 1 N–H and O–H groups in total. The molecule has 2 rings (SSSR count). The summed E-state index contributed by atoms with van der Waals surface area (Å²) >= 11 is 0. The zero-order chi connectivity index (χ0) is 14.5. The Kier molecular flexibility index (Phi) is 5.40. The summed E-state index contributed by atoms with van der Waals surface area (Å²) in [6, 6.07) is -0.249. The summed E-state index contributed by atoms with van der Waals surface area (Å²) in [7, 11) is 0. The first-order valence-electron chi connectivity index (χ1n) is 7.88. The molecule has 1 atom stereocenters. The van der Waals surface area contributed by atoms with Gasteiger partial charge in [0.05, 0.1) is 0 Å². The van der Waals surface area contributed by atoms with E-state index in [0.29, 0.717) is 12.3 Å². The van der Waals surface area contributed by atoms with E-state index in [0.717, 1.165) is 52.0 Å². The van der Waals surface area contributed by atoms with Gasteiger partial charge in [-0.1, -0.05) is 13.8 Å². The van der Waals surface area contributed by atoms with Crippen LogP contribution in [0.4, 0.5) is 0 Å². The van der Waals surface area contributed by atoms with Crippen LogP contribution >= 0.6 is 0 Å². The Balaban J connectivity index is 2.08. The van der Waals surface area contributed by atoms with Gasteiger partial charge in [-0.3, -0.25) is 9.59 Å². The monoisotopic (exact) mass is 281 g/mol. The van der Waals surface area contributed by atoms with Crippen LogP contribution in [-0.2, 0) is 9.59 Å². The highest BCUT2D eigenvalue weighted by molar-refractivity contribution is 5.88. The standard InChI is InChI=1S/C15H27N3O2/c1-12(2)11-13(18-8-4-3-5-14(18)19)15(20)17-9-6-16-7-10-17/h12-13,16H,3-11H2,1-2H3. The highest BCUT2D eigenvalue weighted by Crippen LogP contribution is 2.20. The van der Waals surface area contributed by atoms with Crippen molar-refractivity contribution in [1.82, 2.24) is 15.1 Å². The van der Waals surface area contributed by atoms with Crippen molar-refractivity contribution in [2.75, 3.05) is 32.7 Å². The van der Waals surface area contributed by atoms with Crippen LogP contribution in [0.5, 0.6) is 0 Å². The maximum atomic E-state index is 12.8. The first-order valence-corrected chi connectivity index (χ1v) is 7.88. The summed E-state index contributed by atoms with van der Waals surface area (Å²) in [5, 5.41) is 3.26. The Bertz CT molecular complexity index is 351. The third-order valence-corrected chi connectivity index (χ3v) is 4.14. The summed E-state index contributed by atoms with van der Waals surface area (Å²) in [6.07, 6.45) is 3.36. The van der Waals surface area contributed by atoms with Gasteiger partial charge in [-0.2, -0.15) is 0 Å². The van der Waals surface area contributed by atoms with Gasteiger partial charge in [0.15, 0.2) is 0 Å². The second-order valence-corrected chi connectivity index (χ2v) is 6.26. The number of carbonyl (C=O) groups is 2. The van der Waals surface area contributed by atoms with Gasteiger partial charge in [0, 0.05) is 39.1 Å². The van der Waals surface area contributed by atoms with Crippen LogP contribution < -0.4 is 5.32 Å². The topological polar surface area (TPSA) is 52.7 Å². The second kappa shape index (κ2) is 7.07. The highest BCUT2D eigenvalue weighted by Gasteiger charge is 2.34. The van der Waals surface area contributed by atoms with Crippen LogP contribution in [0.1, 0.15) is 39.5 Å². The van der Waals surface area contributed by atoms with Gasteiger partial charge in [0.2, 0.25) is 11.8 Å². The number of rotatable bonds is 4. The molecule has 20 heavy (non-hydrogen) atoms. The van der Waals surface area contributed by atoms with E-state index < -0.39 is 0 Å². The van der Waals surface area contributed by atoms with Gasteiger partial charge in [0.1, 0.15) is 6.04 Å². The summed E-state index contributed by atoms with van der Waals surface area (Å²) in [5.41, 5.74) is 0. The number of piperidine rings is 1. The first kappa shape index (κ1) is 15.3. The number of hydrogen-bond donors (Lipinski definition) is 1. The van der Waals surface area contributed by atoms with Crippen molar-refractivity contribution < 1.29 is 9.59 Å². The Hall–Kier alpha value is -1.10. The number of piperazine rings is 1. The molecule has 2 amide bonds. The molecule has 2 aliphatic rings. The largest absolute Gasteiger partial charge is 0.338 e. The molecule has 0 saturated carbocycles. The molecular formula is C15H27N3O2. The van der Waals surface area contributed by atoms with Gasteiger partial charge in [-0.05, 0) is 25.2 Å². The van der Waals surface area contributed by atoms with Crippen molar-refractivity contribution in [3.05, 3.63) is 0 Å². The van der Waals surface area contributed by atoms with E-state index in [4.69, 9.17) is 0 Å². The minimum absolute atomic E-state index is 0.149. The highest BCUT2D eigenvalue weighted by atomic mass is 16.2. The smallest absolute Gasteiger partial charge is 0.245 e. The van der Waals surface area contributed by atoms with Crippen molar-refractivity contribution >= 4 is 11.8 Å². The Morgan fingerprint density at radius 3 is 2.50 bits per heavy atom. The average Bonchev–Trinajstić information content (AvgIpc) is 2.46. The molecule has 0 aliphatic carbocycles. The lowest BCUT2D eigenvalue weighted by molar-refractivity contribution is -0.148. The number of hydrogen-bond acceptors (Lipinski definition) is 3. The van der Waals surface area contributed by atoms with Crippen LogP contribution in [0.3, 0.4) is 0 Å². The lowest BCUT2D eigenvalue weighted by Crippen LogP contribution is -2.56. The van der Waals surface area contributed by atoms with E-state index in [1.165, 1.54) is 0 Å². The van der Waals surface area contributed by atoms with Crippen LogP contribution in [0.25, 0.3) is 0 Å². The molecule has 0 aromatic heterocycles. The molecule has 2 aliphatic heterocycles. The van der Waals surface area contributed by atoms with Crippen molar-refractivity contribution in [1.29, 1.82) is 0 Å². The Morgan fingerprint density at radius 1 is 1.20 bits per heavy atom. The molecule has 2 heterocycles. The molecule has 0 aromatic carbocycles. The molecule has 5 heteroatoms. The minimum atomic E-state index is -0.249. The first-order chi connectivity index (χ1) is 9.59. The molecule has 0 spiro atoms. The number of likely N-dealkylation sites (tertiary alicyclic amines) is 1. The predicted octanol–water partition coefficient (Wildman–Crippen LogP) is 0.845. The van der Waals surface area contributed by atoms with Crippen LogP contribution in [0.15, 0.2) is 0 Å². The molecular weight excluding hydrogens is 254 g/mol. The van der Waals surface area contributed by atoms with E-state index in [9.17, 15) is 9.59 Å². The second-order valence-electron chi connectivity index (χ2n) is 6.26. The van der Waals surface area contributed by atoms with Crippen molar-refractivity contribution in [3.63, 3.8) is 0 Å². The normalized spacial score (nSPS) is 22.2. The maximum Gasteiger partial charge on any atom is 0.245 e. The molecule has 1 unspecified atom stereocenters. The summed E-state index contributed by atoms with van der Waals surface area (Å²) < 4.78 is 0. The average molecular weight is 281 g/mol. The van der Waals surface area contributed by atoms with E-state index in [1.807, 2.05) is 9.80 Å². The molecule has 0 aromatic rings. The zero-order valence-corrected chi connectivity index (χ0v) is 12.7. The fourth-order valence-corrected chi connectivity index (χ4v) is 3.06. The minimum Gasteiger partial charge on any atom is -0.338 e. The van der Waals surface area contributed by atoms with Gasteiger partial charge in [0.25, 0.3) is 0 Å². The van der Waals surface area contributed by atoms with Gasteiger partial charge >= 0.3 is 0 Å². The predicted molar refractivity (Wildman–Crippen MR) is 78.3 cm³/mol. The fourth-order valence-electron chi connectivity index (χ4n) is 3.06. The van der Waals surface area contributed by atoms with Crippen molar-refractivity contribution in [2.24, 2.45) is 5.92 Å². The Labute approximate surface area is 121 Å². The van der Waals surface area contributed by atoms with E-state index in [2.05, 4.69) is 19.2 Å². The fraction of sp³-hybridized carbons (Fsp3) is 0.867. The lowest BCUT2D eigenvalue weighted by atomic mass is 9.98. The maximum absolute atomic E-state index is 12.8. The summed E-state index contributed by atoms with van der Waals surface area (Å²) in [6.45, 7) is 8.21.